The van der Waals surface area contributed by atoms with Crippen LogP contribution in [-0.2, 0) is 6.54 Å². The van der Waals surface area contributed by atoms with Crippen LogP contribution in [0.15, 0.2) is 24.4 Å². The average molecular weight is 243 g/mol. The van der Waals surface area contributed by atoms with Gasteiger partial charge < -0.3 is 5.32 Å². The number of benzene rings is 1. The van der Waals surface area contributed by atoms with Crippen molar-refractivity contribution in [2.24, 2.45) is 0 Å². The number of hydrogen-bond acceptors (Lipinski definition) is 2. The summed E-state index contributed by atoms with van der Waals surface area (Å²) in [4.78, 5) is 0. The predicted octanol–water partition coefficient (Wildman–Crippen LogP) is 2.91. The van der Waals surface area contributed by atoms with Crippen LogP contribution in [0.4, 0.5) is 0 Å². The van der Waals surface area contributed by atoms with Gasteiger partial charge in [-0.2, -0.15) is 5.10 Å². The van der Waals surface area contributed by atoms with E-state index in [0.717, 1.165) is 18.8 Å². The second kappa shape index (κ2) is 5.36. The number of aromatic nitrogens is 2. The van der Waals surface area contributed by atoms with Gasteiger partial charge in [0.1, 0.15) is 0 Å². The highest BCUT2D eigenvalue weighted by Crippen LogP contribution is 2.19. The van der Waals surface area contributed by atoms with Crippen LogP contribution >= 0.6 is 0 Å². The molecule has 0 radical (unpaired) electrons. The Kier molecular flexibility index (Phi) is 3.82. The smallest absolute Gasteiger partial charge is 0.0704 e. The predicted molar refractivity (Wildman–Crippen MR) is 75.2 cm³/mol. The summed E-state index contributed by atoms with van der Waals surface area (Å²) in [5, 5.41) is 7.98. The number of nitrogens with zero attached hydrogens (tertiary/aromatic N) is 2. The lowest BCUT2D eigenvalue weighted by atomic mass is 10.1. The van der Waals surface area contributed by atoms with E-state index in [1.54, 1.807) is 0 Å². The molecule has 3 nitrogen and oxygen atoms in total. The fraction of sp³-hybridized carbons (Fsp3) is 0.400. The van der Waals surface area contributed by atoms with Gasteiger partial charge in [-0.05, 0) is 38.4 Å². The molecular weight excluding hydrogens is 222 g/mol. The molecule has 18 heavy (non-hydrogen) atoms. The first-order valence-corrected chi connectivity index (χ1v) is 6.46. The highest BCUT2D eigenvalue weighted by Gasteiger charge is 2.09. The van der Waals surface area contributed by atoms with Gasteiger partial charge >= 0.3 is 0 Å². The maximum atomic E-state index is 4.63. The SMILES string of the molecule is CCNCc1cn(-c2c(C)cccc2C)nc1C. The molecule has 0 saturated heterocycles. The first-order valence-electron chi connectivity index (χ1n) is 6.46. The van der Waals surface area contributed by atoms with Crippen molar-refractivity contribution in [2.75, 3.05) is 6.54 Å². The molecule has 96 valence electrons. The Hall–Kier alpha value is -1.61. The van der Waals surface area contributed by atoms with E-state index in [2.05, 4.69) is 62.5 Å². The largest absolute Gasteiger partial charge is 0.313 e. The van der Waals surface area contributed by atoms with Crippen molar-refractivity contribution in [3.05, 3.63) is 46.8 Å². The Morgan fingerprint density at radius 3 is 2.44 bits per heavy atom. The third kappa shape index (κ3) is 2.46. The summed E-state index contributed by atoms with van der Waals surface area (Å²) in [5.41, 5.74) is 6.07. The minimum Gasteiger partial charge on any atom is -0.313 e. The summed E-state index contributed by atoms with van der Waals surface area (Å²) in [6, 6.07) is 6.34. The molecule has 2 rings (SSSR count). The van der Waals surface area contributed by atoms with E-state index in [1.165, 1.54) is 22.4 Å². The number of hydrogen-bond donors (Lipinski definition) is 1. The maximum Gasteiger partial charge on any atom is 0.0704 e. The van der Waals surface area contributed by atoms with Gasteiger partial charge in [0.05, 0.1) is 11.4 Å². The number of aryl methyl sites for hydroxylation is 3. The quantitative estimate of drug-likeness (QED) is 0.895. The molecule has 1 heterocycles. The fourth-order valence-electron chi connectivity index (χ4n) is 2.21. The van der Waals surface area contributed by atoms with Gasteiger partial charge in [0, 0.05) is 18.3 Å². The molecule has 0 aliphatic carbocycles. The first-order chi connectivity index (χ1) is 8.63. The Bertz CT molecular complexity index is 520. The Balaban J connectivity index is 2.40. The summed E-state index contributed by atoms with van der Waals surface area (Å²) < 4.78 is 2.01. The van der Waals surface area contributed by atoms with Crippen molar-refractivity contribution in [1.82, 2.24) is 15.1 Å². The molecule has 0 aliphatic rings. The molecule has 0 spiro atoms. The highest BCUT2D eigenvalue weighted by molar-refractivity contribution is 5.46. The minimum atomic E-state index is 0.882. The van der Waals surface area contributed by atoms with E-state index in [4.69, 9.17) is 0 Å². The number of para-hydroxylation sites is 1. The van der Waals surface area contributed by atoms with Crippen molar-refractivity contribution in [1.29, 1.82) is 0 Å². The molecule has 0 fully saturated rings. The van der Waals surface area contributed by atoms with E-state index in [9.17, 15) is 0 Å². The lowest BCUT2D eigenvalue weighted by Gasteiger charge is -2.09. The standard InChI is InChI=1S/C15H21N3/c1-5-16-9-14-10-18(17-13(14)4)15-11(2)7-6-8-12(15)3/h6-8,10,16H,5,9H2,1-4H3. The molecule has 0 bridgehead atoms. The summed E-state index contributed by atoms with van der Waals surface area (Å²) >= 11 is 0. The molecular formula is C15H21N3. The van der Waals surface area contributed by atoms with Gasteiger partial charge in [0.2, 0.25) is 0 Å². The molecule has 1 N–H and O–H groups in total. The van der Waals surface area contributed by atoms with Crippen LogP contribution in [-0.4, -0.2) is 16.3 Å². The van der Waals surface area contributed by atoms with Crippen LogP contribution in [0.3, 0.4) is 0 Å². The third-order valence-corrected chi connectivity index (χ3v) is 3.23. The lowest BCUT2D eigenvalue weighted by Crippen LogP contribution is -2.11. The topological polar surface area (TPSA) is 29.9 Å². The summed E-state index contributed by atoms with van der Waals surface area (Å²) in [6.45, 7) is 10.3. The van der Waals surface area contributed by atoms with Crippen molar-refractivity contribution in [3.8, 4) is 5.69 Å². The number of nitrogens with one attached hydrogen (secondary N) is 1. The van der Waals surface area contributed by atoms with Crippen LogP contribution < -0.4 is 5.32 Å². The molecule has 0 aliphatic heterocycles. The molecule has 3 heteroatoms. The molecule has 1 aromatic heterocycles. The van der Waals surface area contributed by atoms with E-state index in [1.807, 2.05) is 4.68 Å². The second-order valence-electron chi connectivity index (χ2n) is 4.71. The van der Waals surface area contributed by atoms with Crippen LogP contribution in [0.25, 0.3) is 5.69 Å². The fourth-order valence-corrected chi connectivity index (χ4v) is 2.21. The minimum absolute atomic E-state index is 0.882. The van der Waals surface area contributed by atoms with Crippen molar-refractivity contribution < 1.29 is 0 Å². The zero-order valence-electron chi connectivity index (χ0n) is 11.6. The monoisotopic (exact) mass is 243 g/mol. The average Bonchev–Trinajstić information content (AvgIpc) is 2.67. The van der Waals surface area contributed by atoms with Gasteiger partial charge in [-0.25, -0.2) is 4.68 Å². The molecule has 0 atom stereocenters. The van der Waals surface area contributed by atoms with Gasteiger partial charge in [0.15, 0.2) is 0 Å². The lowest BCUT2D eigenvalue weighted by molar-refractivity contribution is 0.723. The van der Waals surface area contributed by atoms with Crippen LogP contribution in [0.2, 0.25) is 0 Å². The number of rotatable bonds is 4. The normalized spacial score (nSPS) is 10.9. The second-order valence-corrected chi connectivity index (χ2v) is 4.71. The Labute approximate surface area is 109 Å². The zero-order valence-corrected chi connectivity index (χ0v) is 11.6. The summed E-state index contributed by atoms with van der Waals surface area (Å²) in [7, 11) is 0. The van der Waals surface area contributed by atoms with Crippen molar-refractivity contribution in [2.45, 2.75) is 34.2 Å². The molecule has 2 aromatic rings. The summed E-state index contributed by atoms with van der Waals surface area (Å²) in [6.07, 6.45) is 2.13. The van der Waals surface area contributed by atoms with Crippen LogP contribution in [0.5, 0.6) is 0 Å². The van der Waals surface area contributed by atoms with Crippen molar-refractivity contribution in [3.63, 3.8) is 0 Å². The van der Waals surface area contributed by atoms with Gasteiger partial charge in [-0.15, -0.1) is 0 Å². The molecule has 0 unspecified atom stereocenters. The van der Waals surface area contributed by atoms with E-state index >= 15 is 0 Å². The first kappa shape index (κ1) is 12.8. The molecule has 0 amide bonds. The van der Waals surface area contributed by atoms with Crippen molar-refractivity contribution >= 4 is 0 Å². The Morgan fingerprint density at radius 1 is 1.17 bits per heavy atom. The third-order valence-electron chi connectivity index (χ3n) is 3.23. The van der Waals surface area contributed by atoms with Gasteiger partial charge in [-0.3, -0.25) is 0 Å². The maximum absolute atomic E-state index is 4.63. The van der Waals surface area contributed by atoms with Crippen LogP contribution in [0, 0.1) is 20.8 Å². The van der Waals surface area contributed by atoms with Gasteiger partial charge in [0.25, 0.3) is 0 Å². The van der Waals surface area contributed by atoms with Crippen LogP contribution in [0.1, 0.15) is 29.3 Å². The summed E-state index contributed by atoms with van der Waals surface area (Å²) in [5.74, 6) is 0. The zero-order chi connectivity index (χ0) is 13.1. The van der Waals surface area contributed by atoms with Gasteiger partial charge in [-0.1, -0.05) is 25.1 Å². The highest BCUT2D eigenvalue weighted by atomic mass is 15.3. The van der Waals surface area contributed by atoms with E-state index in [0.29, 0.717) is 0 Å². The van der Waals surface area contributed by atoms with E-state index < -0.39 is 0 Å². The molecule has 0 saturated carbocycles. The van der Waals surface area contributed by atoms with E-state index in [-0.39, 0.29) is 0 Å². The Morgan fingerprint density at radius 2 is 1.83 bits per heavy atom. The molecule has 1 aromatic carbocycles.